The van der Waals surface area contributed by atoms with Crippen molar-refractivity contribution in [1.82, 2.24) is 0 Å². The molecule has 0 fully saturated rings. The van der Waals surface area contributed by atoms with Crippen LogP contribution in [-0.4, -0.2) is 20.4 Å². The second-order valence-electron chi connectivity index (χ2n) is 4.32. The zero-order valence-corrected chi connectivity index (χ0v) is 12.2. The van der Waals surface area contributed by atoms with E-state index in [9.17, 15) is 17.6 Å². The molecule has 0 aliphatic rings. The van der Waals surface area contributed by atoms with E-state index in [1.165, 1.54) is 20.4 Å². The maximum Gasteiger partial charge on any atom is 0.186 e. The molecular weight excluding hydrogens is 316 g/mol. The lowest BCUT2D eigenvalue weighted by molar-refractivity contribution is 0.394. The van der Waals surface area contributed by atoms with Gasteiger partial charge in [-0.25, -0.2) is 17.6 Å². The molecule has 0 aromatic heterocycles. The number of hydrazone groups is 1. The van der Waals surface area contributed by atoms with Crippen LogP contribution in [0.15, 0.2) is 29.4 Å². The largest absolute Gasteiger partial charge is 0.497 e. The fraction of sp³-hybridized carbons (Fsp3) is 0.133. The number of ether oxygens (including phenoxy) is 2. The quantitative estimate of drug-likeness (QED) is 0.394. The zero-order chi connectivity index (χ0) is 17.0. The van der Waals surface area contributed by atoms with E-state index in [2.05, 4.69) is 5.10 Å². The lowest BCUT2D eigenvalue weighted by Crippen LogP contribution is -2.03. The summed E-state index contributed by atoms with van der Waals surface area (Å²) >= 11 is 0. The molecule has 8 heteroatoms. The third-order valence-electron chi connectivity index (χ3n) is 2.93. The molecule has 0 heterocycles. The van der Waals surface area contributed by atoms with Crippen LogP contribution in [0.25, 0.3) is 0 Å². The first-order chi connectivity index (χ1) is 11.0. The normalized spacial score (nSPS) is 10.9. The van der Waals surface area contributed by atoms with Gasteiger partial charge < -0.3 is 9.47 Å². The van der Waals surface area contributed by atoms with Crippen LogP contribution in [0.1, 0.15) is 5.56 Å². The van der Waals surface area contributed by atoms with Crippen molar-refractivity contribution in [2.75, 3.05) is 19.6 Å². The van der Waals surface area contributed by atoms with Crippen LogP contribution in [0.2, 0.25) is 0 Å². The van der Waals surface area contributed by atoms with Crippen LogP contribution >= 0.6 is 0 Å². The number of halogens is 4. The van der Waals surface area contributed by atoms with Crippen molar-refractivity contribution in [3.05, 3.63) is 53.1 Å². The van der Waals surface area contributed by atoms with Crippen molar-refractivity contribution < 1.29 is 27.0 Å². The number of hydrogen-bond donors (Lipinski definition) is 1. The van der Waals surface area contributed by atoms with Gasteiger partial charge in [0.05, 0.1) is 20.4 Å². The minimum Gasteiger partial charge on any atom is -0.497 e. The van der Waals surface area contributed by atoms with Crippen LogP contribution in [0.4, 0.5) is 23.2 Å². The van der Waals surface area contributed by atoms with E-state index in [-0.39, 0.29) is 6.07 Å². The van der Waals surface area contributed by atoms with Gasteiger partial charge in [0.25, 0.3) is 0 Å². The van der Waals surface area contributed by atoms with Crippen LogP contribution in [-0.2, 0) is 0 Å². The van der Waals surface area contributed by atoms with E-state index in [1.54, 1.807) is 18.2 Å². The van der Waals surface area contributed by atoms with Gasteiger partial charge in [0.2, 0.25) is 0 Å². The van der Waals surface area contributed by atoms with Gasteiger partial charge in [-0.2, -0.15) is 5.10 Å². The monoisotopic (exact) mass is 328 g/mol. The Morgan fingerprint density at radius 2 is 1.61 bits per heavy atom. The van der Waals surface area contributed by atoms with Crippen LogP contribution < -0.4 is 14.9 Å². The van der Waals surface area contributed by atoms with Crippen molar-refractivity contribution in [1.29, 1.82) is 0 Å². The summed E-state index contributed by atoms with van der Waals surface area (Å²) in [5.41, 5.74) is 1.38. The molecule has 0 amide bonds. The van der Waals surface area contributed by atoms with Gasteiger partial charge in [-0.1, -0.05) is 0 Å². The summed E-state index contributed by atoms with van der Waals surface area (Å²) < 4.78 is 63.2. The van der Waals surface area contributed by atoms with Crippen molar-refractivity contribution >= 4 is 11.9 Å². The molecule has 1 N–H and O–H groups in total. The van der Waals surface area contributed by atoms with E-state index < -0.39 is 29.0 Å². The number of nitrogens with zero attached hydrogens (tertiary/aromatic N) is 1. The van der Waals surface area contributed by atoms with Crippen LogP contribution in [0, 0.1) is 23.3 Å². The summed E-state index contributed by atoms with van der Waals surface area (Å²) in [5.74, 6) is -5.25. The van der Waals surface area contributed by atoms with E-state index in [1.807, 2.05) is 5.43 Å². The summed E-state index contributed by atoms with van der Waals surface area (Å²) in [4.78, 5) is 0. The van der Waals surface area contributed by atoms with E-state index >= 15 is 0 Å². The Morgan fingerprint density at radius 3 is 2.17 bits per heavy atom. The molecule has 2 rings (SSSR count). The van der Waals surface area contributed by atoms with Crippen molar-refractivity contribution in [2.45, 2.75) is 0 Å². The lowest BCUT2D eigenvalue weighted by atomic mass is 10.2. The minimum absolute atomic E-state index is 0.117. The Labute approximate surface area is 129 Å². The lowest BCUT2D eigenvalue weighted by Gasteiger charge is -2.08. The molecule has 0 aliphatic heterocycles. The molecule has 0 atom stereocenters. The fourth-order valence-electron chi connectivity index (χ4n) is 1.76. The molecular formula is C15H12F4N2O2. The number of hydrogen-bond acceptors (Lipinski definition) is 4. The van der Waals surface area contributed by atoms with Gasteiger partial charge in [0.1, 0.15) is 17.2 Å². The first-order valence-electron chi connectivity index (χ1n) is 6.32. The van der Waals surface area contributed by atoms with Crippen LogP contribution in [0.3, 0.4) is 0 Å². The van der Waals surface area contributed by atoms with Crippen molar-refractivity contribution in [3.8, 4) is 11.5 Å². The smallest absolute Gasteiger partial charge is 0.186 e. The standard InChI is InChI=1S/C15H12F4N2O2/c1-22-9-4-3-8(12(5-9)23-2)7-20-21-15-13(18)10(16)6-11(17)14(15)19/h3-7,21H,1-2H3. The Hall–Kier alpha value is -2.77. The predicted molar refractivity (Wildman–Crippen MR) is 77.0 cm³/mol. The molecule has 0 spiro atoms. The van der Waals surface area contributed by atoms with Gasteiger partial charge in [-0.15, -0.1) is 0 Å². The minimum atomic E-state index is -1.57. The highest BCUT2D eigenvalue weighted by Crippen LogP contribution is 2.25. The van der Waals surface area contributed by atoms with E-state index in [0.29, 0.717) is 17.1 Å². The summed E-state index contributed by atoms with van der Waals surface area (Å²) in [6, 6.07) is 4.89. The summed E-state index contributed by atoms with van der Waals surface area (Å²) in [5, 5.41) is 3.57. The summed E-state index contributed by atoms with van der Waals surface area (Å²) in [6.45, 7) is 0. The van der Waals surface area contributed by atoms with Crippen molar-refractivity contribution in [3.63, 3.8) is 0 Å². The Kier molecular flexibility index (Phi) is 5.05. The second-order valence-corrected chi connectivity index (χ2v) is 4.32. The predicted octanol–water partition coefficient (Wildman–Crippen LogP) is 3.71. The van der Waals surface area contributed by atoms with Gasteiger partial charge >= 0.3 is 0 Å². The zero-order valence-electron chi connectivity index (χ0n) is 12.2. The molecule has 122 valence electrons. The molecule has 0 saturated carbocycles. The van der Waals surface area contributed by atoms with Gasteiger partial charge in [-0.3, -0.25) is 5.43 Å². The number of nitrogens with one attached hydrogen (secondary N) is 1. The maximum atomic E-state index is 13.5. The molecule has 2 aromatic rings. The van der Waals surface area contributed by atoms with Crippen LogP contribution in [0.5, 0.6) is 11.5 Å². The average Bonchev–Trinajstić information content (AvgIpc) is 2.56. The third-order valence-corrected chi connectivity index (χ3v) is 2.93. The Bertz CT molecular complexity index is 724. The Balaban J connectivity index is 2.26. The molecule has 0 aliphatic carbocycles. The molecule has 0 radical (unpaired) electrons. The maximum absolute atomic E-state index is 13.5. The number of methoxy groups -OCH3 is 2. The first kappa shape index (κ1) is 16.6. The number of anilines is 1. The number of benzene rings is 2. The second kappa shape index (κ2) is 6.99. The summed E-state index contributed by atoms with van der Waals surface area (Å²) in [7, 11) is 2.90. The van der Waals surface area contributed by atoms with Crippen molar-refractivity contribution in [2.24, 2.45) is 5.10 Å². The van der Waals surface area contributed by atoms with Gasteiger partial charge in [0, 0.05) is 17.7 Å². The first-order valence-corrected chi connectivity index (χ1v) is 6.32. The fourth-order valence-corrected chi connectivity index (χ4v) is 1.76. The topological polar surface area (TPSA) is 42.8 Å². The van der Waals surface area contributed by atoms with Gasteiger partial charge in [-0.05, 0) is 12.1 Å². The molecule has 0 saturated heterocycles. The molecule has 4 nitrogen and oxygen atoms in total. The number of rotatable bonds is 5. The summed E-state index contributed by atoms with van der Waals surface area (Å²) in [6.07, 6.45) is 1.18. The molecule has 23 heavy (non-hydrogen) atoms. The van der Waals surface area contributed by atoms with Gasteiger partial charge in [0.15, 0.2) is 23.3 Å². The van der Waals surface area contributed by atoms with E-state index in [0.717, 1.165) is 0 Å². The average molecular weight is 328 g/mol. The third kappa shape index (κ3) is 3.53. The highest BCUT2D eigenvalue weighted by molar-refractivity contribution is 5.84. The molecule has 0 bridgehead atoms. The Morgan fingerprint density at radius 1 is 0.957 bits per heavy atom. The highest BCUT2D eigenvalue weighted by Gasteiger charge is 2.18. The molecule has 0 unspecified atom stereocenters. The SMILES string of the molecule is COc1ccc(C=NNc2c(F)c(F)cc(F)c2F)c(OC)c1. The highest BCUT2D eigenvalue weighted by atomic mass is 19.2. The molecule has 2 aromatic carbocycles. The van der Waals surface area contributed by atoms with E-state index in [4.69, 9.17) is 9.47 Å².